The fraction of sp³-hybridized carbons (Fsp3) is 0.250. The molecule has 0 spiro atoms. The molecule has 0 atom stereocenters. The van der Waals surface area contributed by atoms with E-state index in [9.17, 15) is 19.5 Å². The van der Waals surface area contributed by atoms with Crippen LogP contribution < -0.4 is 10.6 Å². The molecule has 0 fully saturated rings. The summed E-state index contributed by atoms with van der Waals surface area (Å²) in [5.41, 5.74) is 4.12. The van der Waals surface area contributed by atoms with Crippen LogP contribution in [0, 0.1) is 0 Å². The van der Waals surface area contributed by atoms with Gasteiger partial charge < -0.3 is 20.5 Å². The molecule has 3 aromatic carbocycles. The van der Waals surface area contributed by atoms with Crippen LogP contribution in [0.4, 0.5) is 4.79 Å². The van der Waals surface area contributed by atoms with Crippen molar-refractivity contribution in [3.05, 3.63) is 95.1 Å². The molecule has 0 aromatic heterocycles. The van der Waals surface area contributed by atoms with E-state index < -0.39 is 17.6 Å². The number of benzene rings is 3. The standard InChI is InChI=1S/C28H28N2O5/c1-28(2,26(33)29-16-15-18-9-3-4-10-19(18)25(31)32)30-27(34)35-17-24-22-13-7-5-11-20(22)21-12-6-8-14-23(21)24/h3-14,24H,15-17H2,1-2H3,(H,29,33)(H,30,34)(H,31,32). The molecular weight excluding hydrogens is 444 g/mol. The molecular formula is C28H28N2O5. The van der Waals surface area contributed by atoms with Gasteiger partial charge in [0.1, 0.15) is 12.1 Å². The molecule has 2 amide bonds. The molecule has 180 valence electrons. The van der Waals surface area contributed by atoms with Gasteiger partial charge in [-0.25, -0.2) is 9.59 Å². The van der Waals surface area contributed by atoms with Crippen molar-refractivity contribution in [3.63, 3.8) is 0 Å². The Bertz CT molecular complexity index is 1220. The zero-order valence-corrected chi connectivity index (χ0v) is 19.7. The number of carboxylic acids is 1. The van der Waals surface area contributed by atoms with Gasteiger partial charge in [-0.2, -0.15) is 0 Å². The number of rotatable bonds is 8. The number of aromatic carboxylic acids is 1. The largest absolute Gasteiger partial charge is 0.478 e. The number of hydrogen-bond acceptors (Lipinski definition) is 4. The average molecular weight is 473 g/mol. The van der Waals surface area contributed by atoms with E-state index >= 15 is 0 Å². The van der Waals surface area contributed by atoms with E-state index in [0.717, 1.165) is 22.3 Å². The lowest BCUT2D eigenvalue weighted by Crippen LogP contribution is -2.55. The van der Waals surface area contributed by atoms with Crippen LogP contribution in [0.1, 0.15) is 46.8 Å². The van der Waals surface area contributed by atoms with Crippen LogP contribution in [0.15, 0.2) is 72.8 Å². The van der Waals surface area contributed by atoms with Crippen LogP contribution in [0.25, 0.3) is 11.1 Å². The van der Waals surface area contributed by atoms with E-state index in [1.54, 1.807) is 32.0 Å². The van der Waals surface area contributed by atoms with Gasteiger partial charge in [0.25, 0.3) is 0 Å². The van der Waals surface area contributed by atoms with Crippen molar-refractivity contribution >= 4 is 18.0 Å². The molecule has 0 saturated carbocycles. The number of carboxylic acid groups (broad SMARTS) is 1. The Hall–Kier alpha value is -4.13. The highest BCUT2D eigenvalue weighted by Crippen LogP contribution is 2.44. The fourth-order valence-corrected chi connectivity index (χ4v) is 4.43. The van der Waals surface area contributed by atoms with Crippen molar-refractivity contribution in [2.75, 3.05) is 13.2 Å². The van der Waals surface area contributed by atoms with Gasteiger partial charge in [0.05, 0.1) is 5.56 Å². The minimum Gasteiger partial charge on any atom is -0.478 e. The van der Waals surface area contributed by atoms with Gasteiger partial charge in [-0.1, -0.05) is 66.7 Å². The number of amides is 2. The lowest BCUT2D eigenvalue weighted by Gasteiger charge is -2.25. The number of nitrogens with one attached hydrogen (secondary N) is 2. The van der Waals surface area contributed by atoms with Crippen LogP contribution in [0.3, 0.4) is 0 Å². The summed E-state index contributed by atoms with van der Waals surface area (Å²) in [6, 6.07) is 22.8. The third-order valence-electron chi connectivity index (χ3n) is 6.25. The average Bonchev–Trinajstić information content (AvgIpc) is 3.16. The van der Waals surface area contributed by atoms with Crippen molar-refractivity contribution in [1.82, 2.24) is 10.6 Å². The van der Waals surface area contributed by atoms with Gasteiger partial charge in [0.15, 0.2) is 0 Å². The Morgan fingerprint density at radius 1 is 0.886 bits per heavy atom. The highest BCUT2D eigenvalue weighted by molar-refractivity contribution is 5.90. The molecule has 7 nitrogen and oxygen atoms in total. The molecule has 0 heterocycles. The third-order valence-corrected chi connectivity index (χ3v) is 6.25. The van der Waals surface area contributed by atoms with Crippen LogP contribution in [0.2, 0.25) is 0 Å². The van der Waals surface area contributed by atoms with E-state index in [2.05, 4.69) is 22.8 Å². The van der Waals surface area contributed by atoms with Crippen molar-refractivity contribution in [2.24, 2.45) is 0 Å². The number of ether oxygens (including phenoxy) is 1. The van der Waals surface area contributed by atoms with Crippen LogP contribution in [-0.2, 0) is 16.0 Å². The molecule has 0 saturated heterocycles. The number of fused-ring (bicyclic) bond motifs is 3. The van der Waals surface area contributed by atoms with Crippen molar-refractivity contribution < 1.29 is 24.2 Å². The molecule has 35 heavy (non-hydrogen) atoms. The second kappa shape index (κ2) is 10.0. The summed E-state index contributed by atoms with van der Waals surface area (Å²) in [4.78, 5) is 36.6. The molecule has 3 aromatic rings. The molecule has 4 rings (SSSR count). The van der Waals surface area contributed by atoms with E-state index in [1.165, 1.54) is 6.07 Å². The normalized spacial score (nSPS) is 12.4. The van der Waals surface area contributed by atoms with Crippen LogP contribution in [0.5, 0.6) is 0 Å². The quantitative estimate of drug-likeness (QED) is 0.452. The molecule has 0 radical (unpaired) electrons. The summed E-state index contributed by atoms with van der Waals surface area (Å²) < 4.78 is 5.55. The molecule has 0 bridgehead atoms. The topological polar surface area (TPSA) is 105 Å². The summed E-state index contributed by atoms with van der Waals surface area (Å²) in [6.07, 6.45) is -0.321. The molecule has 1 aliphatic carbocycles. The maximum atomic E-state index is 12.7. The zero-order valence-electron chi connectivity index (χ0n) is 19.7. The third kappa shape index (κ3) is 5.19. The van der Waals surface area contributed by atoms with Gasteiger partial charge in [-0.3, -0.25) is 4.79 Å². The Morgan fingerprint density at radius 3 is 2.09 bits per heavy atom. The zero-order chi connectivity index (χ0) is 25.0. The van der Waals surface area contributed by atoms with Crippen molar-refractivity contribution in [2.45, 2.75) is 31.7 Å². The van der Waals surface area contributed by atoms with E-state index in [1.807, 2.05) is 36.4 Å². The highest BCUT2D eigenvalue weighted by Gasteiger charge is 2.32. The smallest absolute Gasteiger partial charge is 0.408 e. The Kier molecular flexibility index (Phi) is 6.87. The summed E-state index contributed by atoms with van der Waals surface area (Å²) in [6.45, 7) is 3.58. The second-order valence-electron chi connectivity index (χ2n) is 9.04. The first kappa shape index (κ1) is 24.0. The maximum absolute atomic E-state index is 12.7. The summed E-state index contributed by atoms with van der Waals surface area (Å²) in [5.74, 6) is -1.47. The van der Waals surface area contributed by atoms with Gasteiger partial charge in [0.2, 0.25) is 5.91 Å². The minimum absolute atomic E-state index is 0.0700. The molecule has 7 heteroatoms. The minimum atomic E-state index is -1.21. The number of carbonyl (C=O) groups excluding carboxylic acids is 2. The molecule has 3 N–H and O–H groups in total. The predicted octanol–water partition coefficient (Wildman–Crippen LogP) is 4.36. The molecule has 0 unspecified atom stereocenters. The van der Waals surface area contributed by atoms with Gasteiger partial charge in [-0.05, 0) is 54.2 Å². The van der Waals surface area contributed by atoms with E-state index in [-0.39, 0.29) is 30.5 Å². The van der Waals surface area contributed by atoms with Crippen LogP contribution in [-0.4, -0.2) is 41.8 Å². The predicted molar refractivity (Wildman–Crippen MR) is 132 cm³/mol. The SMILES string of the molecule is CC(C)(NC(=O)OCC1c2ccccc2-c2ccccc21)C(=O)NCCc1ccccc1C(=O)O. The number of carbonyl (C=O) groups is 3. The monoisotopic (exact) mass is 472 g/mol. The fourth-order valence-electron chi connectivity index (χ4n) is 4.43. The number of hydrogen-bond donors (Lipinski definition) is 3. The molecule has 0 aliphatic heterocycles. The lowest BCUT2D eigenvalue weighted by molar-refractivity contribution is -0.126. The summed E-state index contributed by atoms with van der Waals surface area (Å²) in [5, 5.41) is 14.7. The Labute approximate surface area is 204 Å². The Morgan fingerprint density at radius 2 is 1.46 bits per heavy atom. The van der Waals surface area contributed by atoms with Gasteiger partial charge in [-0.15, -0.1) is 0 Å². The van der Waals surface area contributed by atoms with Gasteiger partial charge >= 0.3 is 12.1 Å². The first-order valence-corrected chi connectivity index (χ1v) is 11.5. The molecule has 1 aliphatic rings. The van der Waals surface area contributed by atoms with Gasteiger partial charge in [0, 0.05) is 12.5 Å². The maximum Gasteiger partial charge on any atom is 0.408 e. The highest BCUT2D eigenvalue weighted by atomic mass is 16.5. The summed E-state index contributed by atoms with van der Waals surface area (Å²) >= 11 is 0. The van der Waals surface area contributed by atoms with Crippen LogP contribution >= 0.6 is 0 Å². The first-order valence-electron chi connectivity index (χ1n) is 11.5. The van der Waals surface area contributed by atoms with E-state index in [4.69, 9.17) is 4.74 Å². The summed E-state index contributed by atoms with van der Waals surface area (Å²) in [7, 11) is 0. The Balaban J connectivity index is 1.32. The van der Waals surface area contributed by atoms with Crippen molar-refractivity contribution in [3.8, 4) is 11.1 Å². The first-order chi connectivity index (χ1) is 16.8. The second-order valence-corrected chi connectivity index (χ2v) is 9.04. The lowest BCUT2D eigenvalue weighted by atomic mass is 9.98. The number of alkyl carbamates (subject to hydrolysis) is 1. The van der Waals surface area contributed by atoms with E-state index in [0.29, 0.717) is 12.0 Å². The van der Waals surface area contributed by atoms with Crippen molar-refractivity contribution in [1.29, 1.82) is 0 Å².